The minimum atomic E-state index is -3.65. The molecule has 0 unspecified atom stereocenters. The molecule has 1 aromatic rings. The normalized spacial score (nSPS) is 16.9. The third kappa shape index (κ3) is 3.16. The Balaban J connectivity index is 2.41. The molecule has 3 N–H and O–H groups in total. The van der Waals surface area contributed by atoms with Crippen molar-refractivity contribution >= 4 is 31.6 Å². The second kappa shape index (κ2) is 6.43. The van der Waals surface area contributed by atoms with Crippen molar-refractivity contribution in [2.45, 2.75) is 36.6 Å². The Hall–Kier alpha value is -0.630. The summed E-state index contributed by atoms with van der Waals surface area (Å²) in [4.78, 5) is 0.165. The Labute approximate surface area is 128 Å². The van der Waals surface area contributed by atoms with Crippen LogP contribution in [0.25, 0.3) is 0 Å². The number of nitrogens with zero attached hydrogens (tertiary/aromatic N) is 1. The van der Waals surface area contributed by atoms with Crippen LogP contribution in [0, 0.1) is 0 Å². The number of rotatable bonds is 5. The fourth-order valence-corrected chi connectivity index (χ4v) is 5.27. The van der Waals surface area contributed by atoms with Crippen molar-refractivity contribution in [2.75, 3.05) is 18.9 Å². The van der Waals surface area contributed by atoms with Gasteiger partial charge in [-0.2, -0.15) is 4.31 Å². The van der Waals surface area contributed by atoms with E-state index in [1.54, 1.807) is 12.1 Å². The summed E-state index contributed by atoms with van der Waals surface area (Å²) < 4.78 is 27.5. The van der Waals surface area contributed by atoms with Gasteiger partial charge in [0.1, 0.15) is 0 Å². The highest BCUT2D eigenvalue weighted by Crippen LogP contribution is 2.32. The number of aliphatic hydroxyl groups excluding tert-OH is 1. The largest absolute Gasteiger partial charge is 0.399 e. The number of nitrogens with two attached hydrogens (primary N) is 1. The lowest BCUT2D eigenvalue weighted by Crippen LogP contribution is -2.40. The van der Waals surface area contributed by atoms with Crippen LogP contribution in [0.5, 0.6) is 0 Å². The second-order valence-electron chi connectivity index (χ2n) is 4.97. The van der Waals surface area contributed by atoms with Crippen LogP contribution in [0.1, 0.15) is 25.7 Å². The lowest BCUT2D eigenvalue weighted by Gasteiger charge is -2.27. The fourth-order valence-electron chi connectivity index (χ4n) is 2.63. The molecule has 20 heavy (non-hydrogen) atoms. The predicted molar refractivity (Wildman–Crippen MR) is 81.8 cm³/mol. The van der Waals surface area contributed by atoms with E-state index in [2.05, 4.69) is 15.9 Å². The smallest absolute Gasteiger partial charge is 0.244 e. The molecule has 0 atom stereocenters. The van der Waals surface area contributed by atoms with Crippen LogP contribution >= 0.6 is 15.9 Å². The van der Waals surface area contributed by atoms with Crippen LogP contribution in [-0.4, -0.2) is 37.0 Å². The highest BCUT2D eigenvalue weighted by molar-refractivity contribution is 9.10. The molecule has 1 aromatic carbocycles. The second-order valence-corrected chi connectivity index (χ2v) is 7.68. The van der Waals surface area contributed by atoms with Gasteiger partial charge in [-0.3, -0.25) is 0 Å². The highest BCUT2D eigenvalue weighted by Gasteiger charge is 2.33. The van der Waals surface area contributed by atoms with Gasteiger partial charge in [0.2, 0.25) is 10.0 Å². The van der Waals surface area contributed by atoms with Crippen LogP contribution in [0.2, 0.25) is 0 Å². The van der Waals surface area contributed by atoms with E-state index < -0.39 is 10.0 Å². The summed E-state index contributed by atoms with van der Waals surface area (Å²) in [7, 11) is -3.65. The molecule has 1 aliphatic rings. The van der Waals surface area contributed by atoms with Crippen LogP contribution in [0.4, 0.5) is 5.69 Å². The summed E-state index contributed by atoms with van der Waals surface area (Å²) in [5.74, 6) is 0. The third-order valence-corrected chi connectivity index (χ3v) is 6.54. The van der Waals surface area contributed by atoms with Gasteiger partial charge in [-0.25, -0.2) is 8.42 Å². The summed E-state index contributed by atoms with van der Waals surface area (Å²) in [6, 6.07) is 4.71. The van der Waals surface area contributed by atoms with Crippen LogP contribution < -0.4 is 5.73 Å². The van der Waals surface area contributed by atoms with Gasteiger partial charge in [-0.05, 0) is 47.0 Å². The zero-order valence-electron chi connectivity index (χ0n) is 11.1. The number of benzene rings is 1. The van der Waals surface area contributed by atoms with Crippen LogP contribution in [0.3, 0.4) is 0 Å². The van der Waals surface area contributed by atoms with Crippen molar-refractivity contribution in [3.63, 3.8) is 0 Å². The molecule has 0 saturated heterocycles. The Morgan fingerprint density at radius 1 is 1.35 bits per heavy atom. The van der Waals surface area contributed by atoms with Gasteiger partial charge in [0.15, 0.2) is 0 Å². The van der Waals surface area contributed by atoms with E-state index in [0.29, 0.717) is 10.2 Å². The Kier molecular flexibility index (Phi) is 5.06. The van der Waals surface area contributed by atoms with E-state index in [1.807, 2.05) is 0 Å². The lowest BCUT2D eigenvalue weighted by molar-refractivity contribution is 0.226. The molecule has 0 aromatic heterocycles. The third-order valence-electron chi connectivity index (χ3n) is 3.59. The van der Waals surface area contributed by atoms with Gasteiger partial charge < -0.3 is 10.8 Å². The number of sulfonamides is 1. The van der Waals surface area contributed by atoms with Gasteiger partial charge in [0.25, 0.3) is 0 Å². The first-order valence-electron chi connectivity index (χ1n) is 6.64. The zero-order chi connectivity index (χ0) is 14.8. The molecule has 1 fully saturated rings. The number of anilines is 1. The standard InChI is InChI=1S/C13H19BrN2O3S/c14-12-6-5-10(15)9-13(12)20(18,19)16(7-8-17)11-3-1-2-4-11/h5-6,9,11,17H,1-4,7-8,15H2. The molecule has 0 aliphatic heterocycles. The van der Waals surface area contributed by atoms with Gasteiger partial charge in [-0.15, -0.1) is 0 Å². The average molecular weight is 363 g/mol. The summed E-state index contributed by atoms with van der Waals surface area (Å²) in [5, 5.41) is 9.19. The molecule has 0 heterocycles. The molecule has 1 aliphatic carbocycles. The molecule has 0 spiro atoms. The van der Waals surface area contributed by atoms with Gasteiger partial charge in [0.05, 0.1) is 11.5 Å². The molecule has 7 heteroatoms. The van der Waals surface area contributed by atoms with Crippen molar-refractivity contribution in [3.8, 4) is 0 Å². The van der Waals surface area contributed by atoms with Crippen molar-refractivity contribution < 1.29 is 13.5 Å². The van der Waals surface area contributed by atoms with E-state index >= 15 is 0 Å². The molecular weight excluding hydrogens is 344 g/mol. The fraction of sp³-hybridized carbons (Fsp3) is 0.538. The van der Waals surface area contributed by atoms with Crippen molar-refractivity contribution in [3.05, 3.63) is 22.7 Å². The van der Waals surface area contributed by atoms with Crippen molar-refractivity contribution in [1.29, 1.82) is 0 Å². The molecule has 2 rings (SSSR count). The summed E-state index contributed by atoms with van der Waals surface area (Å²) >= 11 is 3.27. The van der Waals surface area contributed by atoms with E-state index in [4.69, 9.17) is 5.73 Å². The molecule has 0 amide bonds. The minimum Gasteiger partial charge on any atom is -0.399 e. The number of hydrogen-bond donors (Lipinski definition) is 2. The maximum atomic E-state index is 12.8. The van der Waals surface area contributed by atoms with Crippen LogP contribution in [-0.2, 0) is 10.0 Å². The van der Waals surface area contributed by atoms with Gasteiger partial charge in [0, 0.05) is 22.7 Å². The zero-order valence-corrected chi connectivity index (χ0v) is 13.5. The molecule has 5 nitrogen and oxygen atoms in total. The summed E-state index contributed by atoms with van der Waals surface area (Å²) in [6.07, 6.45) is 3.75. The molecule has 0 radical (unpaired) electrons. The maximum Gasteiger partial charge on any atom is 0.244 e. The van der Waals surface area contributed by atoms with E-state index in [9.17, 15) is 13.5 Å². The summed E-state index contributed by atoms with van der Waals surface area (Å²) in [5.41, 5.74) is 6.10. The first-order chi connectivity index (χ1) is 9.46. The minimum absolute atomic E-state index is 0.0273. The topological polar surface area (TPSA) is 83.6 Å². The Morgan fingerprint density at radius 3 is 2.60 bits per heavy atom. The SMILES string of the molecule is Nc1ccc(Br)c(S(=O)(=O)N(CCO)C2CCCC2)c1. The van der Waals surface area contributed by atoms with Crippen LogP contribution in [0.15, 0.2) is 27.6 Å². The van der Waals surface area contributed by atoms with Gasteiger partial charge >= 0.3 is 0 Å². The number of aliphatic hydroxyl groups is 1. The van der Waals surface area contributed by atoms with Crippen molar-refractivity contribution in [1.82, 2.24) is 4.31 Å². The average Bonchev–Trinajstić information content (AvgIpc) is 2.92. The van der Waals surface area contributed by atoms with E-state index in [1.165, 1.54) is 10.4 Å². The van der Waals surface area contributed by atoms with Crippen molar-refractivity contribution in [2.24, 2.45) is 0 Å². The number of hydrogen-bond acceptors (Lipinski definition) is 4. The number of nitrogen functional groups attached to an aromatic ring is 1. The quantitative estimate of drug-likeness (QED) is 0.784. The molecular formula is C13H19BrN2O3S. The molecule has 1 saturated carbocycles. The van der Waals surface area contributed by atoms with E-state index in [-0.39, 0.29) is 24.1 Å². The van der Waals surface area contributed by atoms with E-state index in [0.717, 1.165) is 25.7 Å². The summed E-state index contributed by atoms with van der Waals surface area (Å²) in [6.45, 7) is -0.0656. The Morgan fingerprint density at radius 2 is 2.00 bits per heavy atom. The lowest BCUT2D eigenvalue weighted by atomic mass is 10.2. The first-order valence-corrected chi connectivity index (χ1v) is 8.88. The number of halogens is 1. The van der Waals surface area contributed by atoms with Gasteiger partial charge in [-0.1, -0.05) is 12.8 Å². The Bertz CT molecular complexity index is 571. The maximum absolute atomic E-state index is 12.8. The molecule has 0 bridgehead atoms. The first kappa shape index (κ1) is 15.8. The highest BCUT2D eigenvalue weighted by atomic mass is 79.9. The predicted octanol–water partition coefficient (Wildman–Crippen LogP) is 1.96. The monoisotopic (exact) mass is 362 g/mol. The molecule has 112 valence electrons.